The molecule has 160 valence electrons. The van der Waals surface area contributed by atoms with Crippen LogP contribution in [0.4, 0.5) is 8.78 Å². The van der Waals surface area contributed by atoms with E-state index in [2.05, 4.69) is 13.8 Å². The summed E-state index contributed by atoms with van der Waals surface area (Å²) < 4.78 is 34.8. The zero-order chi connectivity index (χ0) is 20.9. The third kappa shape index (κ3) is 4.73. The fourth-order valence-electron chi connectivity index (χ4n) is 5.43. The number of hydrogen-bond acceptors (Lipinski definition) is 2. The maximum absolute atomic E-state index is 15.0. The fraction of sp³-hybridized carbons (Fsp3) is 0.640. The number of carbonyl (C=O) groups excluding carboxylic acids is 1. The summed E-state index contributed by atoms with van der Waals surface area (Å²) in [5.41, 5.74) is 0.627. The molecule has 0 heterocycles. The van der Waals surface area contributed by atoms with Gasteiger partial charge in [0.05, 0.1) is 0 Å². The van der Waals surface area contributed by atoms with E-state index in [0.717, 1.165) is 64.2 Å². The molecule has 1 aromatic rings. The quantitative estimate of drug-likeness (QED) is 0.185. The van der Waals surface area contributed by atoms with Gasteiger partial charge in [0.25, 0.3) is 0 Å². The van der Waals surface area contributed by atoms with Gasteiger partial charge in [0, 0.05) is 6.08 Å². The zero-order valence-corrected chi connectivity index (χ0v) is 17.9. The van der Waals surface area contributed by atoms with E-state index in [1.54, 1.807) is 12.1 Å². The van der Waals surface area contributed by atoms with E-state index in [9.17, 15) is 13.6 Å². The van der Waals surface area contributed by atoms with E-state index in [4.69, 9.17) is 4.74 Å². The average Bonchev–Trinajstić information content (AvgIpc) is 2.73. The predicted octanol–water partition coefficient (Wildman–Crippen LogP) is 7.40. The van der Waals surface area contributed by atoms with Crippen LogP contribution in [0.3, 0.4) is 0 Å². The van der Waals surface area contributed by atoms with Crippen molar-refractivity contribution in [2.75, 3.05) is 0 Å². The largest absolute Gasteiger partial charge is 0.420 e. The van der Waals surface area contributed by atoms with Gasteiger partial charge in [0.2, 0.25) is 5.82 Å². The van der Waals surface area contributed by atoms with Crippen LogP contribution in [0.2, 0.25) is 0 Å². The molecule has 4 heteroatoms. The van der Waals surface area contributed by atoms with Gasteiger partial charge in [0.1, 0.15) is 0 Å². The highest BCUT2D eigenvalue weighted by Crippen LogP contribution is 2.59. The monoisotopic (exact) mass is 404 g/mol. The lowest BCUT2D eigenvalue weighted by atomic mass is 9.51. The minimum atomic E-state index is -1.04. The molecule has 0 unspecified atom stereocenters. The van der Waals surface area contributed by atoms with Crippen molar-refractivity contribution in [1.82, 2.24) is 0 Å². The number of carbonyl (C=O) groups is 1. The van der Waals surface area contributed by atoms with E-state index in [0.29, 0.717) is 11.0 Å². The number of ether oxygens (including phenoxy) is 1. The van der Waals surface area contributed by atoms with Crippen LogP contribution >= 0.6 is 0 Å². The molecule has 1 aromatic carbocycles. The van der Waals surface area contributed by atoms with Gasteiger partial charge in [0.15, 0.2) is 11.6 Å². The fourth-order valence-corrected chi connectivity index (χ4v) is 5.43. The lowest BCUT2D eigenvalue weighted by Crippen LogP contribution is -2.44. The predicted molar refractivity (Wildman–Crippen MR) is 112 cm³/mol. The SMILES string of the molecule is CCCCC/C=C/C(=O)Oc1ccc(C23CCC(CCC)(CC2)CC3)c(F)c1F. The summed E-state index contributed by atoms with van der Waals surface area (Å²) in [5, 5.41) is 0. The molecule has 2 nitrogen and oxygen atoms in total. The Morgan fingerprint density at radius 3 is 2.31 bits per heavy atom. The van der Waals surface area contributed by atoms with Gasteiger partial charge in [-0.3, -0.25) is 0 Å². The molecule has 29 heavy (non-hydrogen) atoms. The van der Waals surface area contributed by atoms with Crippen molar-refractivity contribution in [3.05, 3.63) is 41.5 Å². The number of fused-ring (bicyclic) bond motifs is 3. The van der Waals surface area contributed by atoms with Crippen molar-refractivity contribution in [2.45, 2.75) is 96.3 Å². The Morgan fingerprint density at radius 2 is 1.69 bits per heavy atom. The molecule has 0 radical (unpaired) electrons. The van der Waals surface area contributed by atoms with E-state index in [-0.39, 0.29) is 11.2 Å². The molecule has 3 saturated carbocycles. The van der Waals surface area contributed by atoms with Crippen molar-refractivity contribution in [2.24, 2.45) is 5.41 Å². The lowest BCUT2D eigenvalue weighted by molar-refractivity contribution is -0.129. The summed E-state index contributed by atoms with van der Waals surface area (Å²) in [6.45, 7) is 4.33. The van der Waals surface area contributed by atoms with Crippen LogP contribution in [-0.4, -0.2) is 5.97 Å². The minimum Gasteiger partial charge on any atom is -0.420 e. The highest BCUT2D eigenvalue weighted by atomic mass is 19.2. The molecule has 0 spiro atoms. The molecular formula is C25H34F2O2. The Bertz CT molecular complexity index is 729. The zero-order valence-electron chi connectivity index (χ0n) is 17.9. The van der Waals surface area contributed by atoms with Crippen molar-refractivity contribution >= 4 is 5.97 Å². The molecule has 0 aliphatic heterocycles. The minimum absolute atomic E-state index is 0.262. The van der Waals surface area contributed by atoms with E-state index in [1.807, 2.05) is 0 Å². The van der Waals surface area contributed by atoms with Crippen LogP contribution in [-0.2, 0) is 10.2 Å². The van der Waals surface area contributed by atoms with Gasteiger partial charge in [-0.05, 0) is 80.2 Å². The third-order valence-corrected chi connectivity index (χ3v) is 7.24. The number of benzene rings is 1. The van der Waals surface area contributed by atoms with Crippen molar-refractivity contribution < 1.29 is 18.3 Å². The molecule has 3 aliphatic rings. The molecule has 0 saturated heterocycles. The number of allylic oxidation sites excluding steroid dienone is 1. The lowest BCUT2D eigenvalue weighted by Gasteiger charge is -2.54. The van der Waals surface area contributed by atoms with Crippen molar-refractivity contribution in [3.63, 3.8) is 0 Å². The molecule has 4 rings (SSSR count). The van der Waals surface area contributed by atoms with Gasteiger partial charge in [-0.15, -0.1) is 0 Å². The van der Waals surface area contributed by atoms with Gasteiger partial charge in [-0.1, -0.05) is 45.3 Å². The second-order valence-corrected chi connectivity index (χ2v) is 9.09. The highest BCUT2D eigenvalue weighted by Gasteiger charge is 2.49. The molecule has 2 bridgehead atoms. The third-order valence-electron chi connectivity index (χ3n) is 7.24. The normalized spacial score (nSPS) is 26.2. The summed E-state index contributed by atoms with van der Waals surface area (Å²) in [7, 11) is 0. The second kappa shape index (κ2) is 9.40. The van der Waals surface area contributed by atoms with Crippen LogP contribution < -0.4 is 4.74 Å². The van der Waals surface area contributed by atoms with Gasteiger partial charge < -0.3 is 4.74 Å². The van der Waals surface area contributed by atoms with Crippen molar-refractivity contribution in [3.8, 4) is 5.75 Å². The van der Waals surface area contributed by atoms with E-state index in [1.165, 1.54) is 25.0 Å². The summed E-state index contributed by atoms with van der Waals surface area (Å²) in [4.78, 5) is 11.9. The number of hydrogen-bond donors (Lipinski definition) is 0. The Balaban J connectivity index is 1.68. The first-order valence-corrected chi connectivity index (χ1v) is 11.3. The molecule has 0 N–H and O–H groups in total. The number of unbranched alkanes of at least 4 members (excludes halogenated alkanes) is 3. The van der Waals surface area contributed by atoms with Crippen LogP contribution in [0.25, 0.3) is 0 Å². The Kier molecular flexibility index (Phi) is 7.13. The molecule has 0 amide bonds. The Labute approximate surface area is 173 Å². The van der Waals surface area contributed by atoms with Gasteiger partial charge in [-0.25, -0.2) is 9.18 Å². The van der Waals surface area contributed by atoms with Crippen LogP contribution in [0, 0.1) is 17.0 Å². The second-order valence-electron chi connectivity index (χ2n) is 9.09. The first-order chi connectivity index (χ1) is 14.0. The van der Waals surface area contributed by atoms with E-state index >= 15 is 0 Å². The summed E-state index contributed by atoms with van der Waals surface area (Å²) in [5.74, 6) is -2.86. The standard InChI is InChI=1S/C25H34F2O2/c1-3-5-6-7-8-9-21(28)29-20-11-10-19(22(26)23(20)27)25-16-13-24(12-4-2,14-17-25)15-18-25/h8-11H,3-7,12-18H2,1-2H3/b9-8+. The smallest absolute Gasteiger partial charge is 0.335 e. The molecule has 3 aliphatic carbocycles. The maximum Gasteiger partial charge on any atom is 0.335 e. The first kappa shape index (κ1) is 22.0. The summed E-state index contributed by atoms with van der Waals surface area (Å²) in [6, 6.07) is 3.07. The number of halogens is 2. The number of esters is 1. The first-order valence-electron chi connectivity index (χ1n) is 11.3. The Morgan fingerprint density at radius 1 is 1.00 bits per heavy atom. The Hall–Kier alpha value is -1.71. The van der Waals surface area contributed by atoms with Gasteiger partial charge >= 0.3 is 5.97 Å². The number of rotatable bonds is 9. The van der Waals surface area contributed by atoms with Crippen LogP contribution in [0.1, 0.15) is 96.5 Å². The van der Waals surface area contributed by atoms with Crippen molar-refractivity contribution in [1.29, 1.82) is 0 Å². The molecule has 0 atom stereocenters. The average molecular weight is 405 g/mol. The van der Waals surface area contributed by atoms with E-state index < -0.39 is 17.6 Å². The maximum atomic E-state index is 15.0. The van der Waals surface area contributed by atoms with Gasteiger partial charge in [-0.2, -0.15) is 4.39 Å². The molecular weight excluding hydrogens is 370 g/mol. The van der Waals surface area contributed by atoms with Crippen LogP contribution in [0.5, 0.6) is 5.75 Å². The molecule has 3 fully saturated rings. The van der Waals surface area contributed by atoms with Crippen LogP contribution in [0.15, 0.2) is 24.3 Å². The topological polar surface area (TPSA) is 26.3 Å². The summed E-state index contributed by atoms with van der Waals surface area (Å²) in [6.07, 6.45) is 15.5. The highest BCUT2D eigenvalue weighted by molar-refractivity contribution is 5.84. The molecule has 0 aromatic heterocycles. The summed E-state index contributed by atoms with van der Waals surface area (Å²) >= 11 is 0.